The molecular weight excluding hydrogens is 665 g/mol. The number of benzene rings is 3. The van der Waals surface area contributed by atoms with Gasteiger partial charge in [0.1, 0.15) is 6.61 Å². The van der Waals surface area contributed by atoms with E-state index in [4.69, 9.17) is 28.0 Å². The number of carboxylic acid groups (broad SMARTS) is 1. The number of amides is 1. The van der Waals surface area contributed by atoms with Gasteiger partial charge in [0.05, 0.1) is 18.3 Å². The molecule has 0 bridgehead atoms. The van der Waals surface area contributed by atoms with E-state index >= 15 is 0 Å². The van der Waals surface area contributed by atoms with Gasteiger partial charge in [0.2, 0.25) is 10.0 Å². The first-order chi connectivity index (χ1) is 22.2. The van der Waals surface area contributed by atoms with Gasteiger partial charge in [-0.05, 0) is 53.3 Å². The van der Waals surface area contributed by atoms with Crippen LogP contribution in [0.25, 0.3) is 0 Å². The van der Waals surface area contributed by atoms with E-state index in [1.165, 1.54) is 19.9 Å². The van der Waals surface area contributed by atoms with Gasteiger partial charge in [-0.2, -0.15) is 0 Å². The molecule has 3 aromatic carbocycles. The third-order valence-corrected chi connectivity index (χ3v) is 10.2. The summed E-state index contributed by atoms with van der Waals surface area (Å²) in [5, 5.41) is 30.4. The molecule has 1 fully saturated rings. The zero-order valence-corrected chi connectivity index (χ0v) is 28.4. The van der Waals surface area contributed by atoms with Crippen LogP contribution in [0.4, 0.5) is 0 Å². The average Bonchev–Trinajstić information content (AvgIpc) is 3.01. The number of oxime groups is 1. The Bertz CT molecular complexity index is 1810. The summed E-state index contributed by atoms with van der Waals surface area (Å²) in [5.74, 6) is -3.34. The van der Waals surface area contributed by atoms with Gasteiger partial charge in [-0.25, -0.2) is 13.1 Å². The first-order valence-corrected chi connectivity index (χ1v) is 17.9. The molecule has 3 aromatic rings. The van der Waals surface area contributed by atoms with Crippen LogP contribution in [0.2, 0.25) is 10.0 Å². The molecule has 0 unspecified atom stereocenters. The quantitative estimate of drug-likeness (QED) is 0.190. The van der Waals surface area contributed by atoms with E-state index in [0.717, 1.165) is 19.1 Å². The first kappa shape index (κ1) is 34.7. The molecule has 10 nitrogen and oxygen atoms in total. The molecule has 1 saturated carbocycles. The number of hydrogen-bond donors (Lipinski definition) is 1. The molecule has 4 atom stereocenters. The van der Waals surface area contributed by atoms with Crippen LogP contribution in [0, 0.1) is 0 Å². The minimum absolute atomic E-state index is 0.130. The average molecular weight is 701 g/mol. The summed E-state index contributed by atoms with van der Waals surface area (Å²) in [6.07, 6.45) is 3.60. The van der Waals surface area contributed by atoms with Crippen molar-refractivity contribution in [1.29, 1.82) is 0 Å². The van der Waals surface area contributed by atoms with Crippen molar-refractivity contribution >= 4 is 51.0 Å². The molecular formula is C34H35Cl2N3O7S-2. The maximum atomic E-state index is 14.4. The number of nitrogens with one attached hydrogen (secondary N) is 1. The van der Waals surface area contributed by atoms with Gasteiger partial charge >= 0.3 is 0 Å². The Morgan fingerprint density at radius 1 is 1.02 bits per heavy atom. The van der Waals surface area contributed by atoms with Gasteiger partial charge in [0.15, 0.2) is 0 Å². The van der Waals surface area contributed by atoms with Crippen molar-refractivity contribution in [2.24, 2.45) is 5.16 Å². The van der Waals surface area contributed by atoms with Crippen LogP contribution in [0.1, 0.15) is 84.1 Å². The Morgan fingerprint density at radius 2 is 1.74 bits per heavy atom. The molecule has 0 saturated heterocycles. The lowest BCUT2D eigenvalue weighted by atomic mass is 9.77. The number of hydrogen-bond acceptors (Lipinski definition) is 8. The molecule has 1 N–H and O–H groups in total. The second-order valence-electron chi connectivity index (χ2n) is 12.6. The van der Waals surface area contributed by atoms with Crippen molar-refractivity contribution in [3.8, 4) is 0 Å². The summed E-state index contributed by atoms with van der Waals surface area (Å²) in [4.78, 5) is 33.2. The molecule has 1 amide bonds. The summed E-state index contributed by atoms with van der Waals surface area (Å²) in [5.41, 5.74) is 1.02. The lowest BCUT2D eigenvalue weighted by molar-refractivity contribution is -0.312. The number of rotatable bonds is 10. The second kappa shape index (κ2) is 13.8. The van der Waals surface area contributed by atoms with Crippen molar-refractivity contribution < 1.29 is 33.1 Å². The van der Waals surface area contributed by atoms with Gasteiger partial charge in [0, 0.05) is 44.9 Å². The van der Waals surface area contributed by atoms with Crippen LogP contribution in [0.15, 0.2) is 71.9 Å². The lowest BCUT2D eigenvalue weighted by Crippen LogP contribution is -2.59. The number of aliphatic carboxylic acids is 1. The van der Waals surface area contributed by atoms with Crippen molar-refractivity contribution in [3.05, 3.63) is 105 Å². The number of carboxylic acids is 1. The summed E-state index contributed by atoms with van der Waals surface area (Å²) < 4.78 is 27.5. The molecule has 2 aliphatic rings. The Kier molecular flexibility index (Phi) is 10.2. The highest BCUT2D eigenvalue weighted by Crippen LogP contribution is 2.48. The van der Waals surface area contributed by atoms with Crippen molar-refractivity contribution in [2.45, 2.75) is 75.6 Å². The maximum absolute atomic E-state index is 14.4. The van der Waals surface area contributed by atoms with E-state index in [1.54, 1.807) is 65.6 Å². The Balaban J connectivity index is 1.59. The van der Waals surface area contributed by atoms with Crippen LogP contribution in [-0.4, -0.2) is 49.4 Å². The predicted octanol–water partition coefficient (Wildman–Crippen LogP) is 4.05. The SMILES string of the molecule is CC(C)(C(=O)[O-])c1cccc(CO/N=C(/[O-])[C@@H]2c3ccccc3C(=O)N([C@H]3CCCC[C@@H]3NS(C)(=O)=O)[C@H]2c2ccc(Cl)cc2Cl)c1. The lowest BCUT2D eigenvalue weighted by Gasteiger charge is -2.50. The normalized spacial score (nSPS) is 22.1. The van der Waals surface area contributed by atoms with E-state index in [-0.39, 0.29) is 17.5 Å². The van der Waals surface area contributed by atoms with E-state index in [9.17, 15) is 28.2 Å². The zero-order valence-electron chi connectivity index (χ0n) is 26.1. The Morgan fingerprint density at radius 3 is 2.45 bits per heavy atom. The monoisotopic (exact) mass is 699 g/mol. The topological polar surface area (TPSA) is 151 Å². The minimum Gasteiger partial charge on any atom is -0.859 e. The number of halogens is 2. The Hall–Kier alpha value is -3.64. The number of sulfonamides is 1. The Labute approximate surface area is 284 Å². The second-order valence-corrected chi connectivity index (χ2v) is 15.2. The standard InChI is InChI=1S/C34H37Cl2N3O7S/c1-34(2,33(42)43)21-10-8-9-20(17-21)19-46-37-31(40)29-23-11-4-5-12-24(23)32(41)39(30(29)25-16-15-22(35)18-26(25)36)28-14-7-6-13-27(28)38-47(3,44)45/h4-5,8-12,15-18,27-30,38H,6-7,13-14,19H2,1-3H3,(H,37,40)(H,42,43)/p-2/t27-,28-,29+,30-/m0/s1. The van der Waals surface area contributed by atoms with Gasteiger partial charge in [-0.3, -0.25) is 4.79 Å². The van der Waals surface area contributed by atoms with Crippen LogP contribution < -0.4 is 14.9 Å². The van der Waals surface area contributed by atoms with Crippen LogP contribution >= 0.6 is 23.2 Å². The molecule has 0 spiro atoms. The van der Waals surface area contributed by atoms with Crippen molar-refractivity contribution in [3.63, 3.8) is 0 Å². The molecule has 1 aliphatic heterocycles. The fourth-order valence-corrected chi connectivity index (χ4v) is 7.85. The highest BCUT2D eigenvalue weighted by molar-refractivity contribution is 7.88. The zero-order chi connectivity index (χ0) is 34.1. The highest BCUT2D eigenvalue weighted by Gasteiger charge is 2.47. The number of fused-ring (bicyclic) bond motifs is 1. The maximum Gasteiger partial charge on any atom is 0.255 e. The fourth-order valence-electron chi connectivity index (χ4n) is 6.51. The number of carbonyl (C=O) groups is 2. The summed E-state index contributed by atoms with van der Waals surface area (Å²) >= 11 is 13.0. The van der Waals surface area contributed by atoms with E-state index in [0.29, 0.717) is 45.7 Å². The van der Waals surface area contributed by atoms with Gasteiger partial charge < -0.3 is 24.7 Å². The van der Waals surface area contributed by atoms with E-state index in [1.807, 2.05) is 0 Å². The predicted molar refractivity (Wildman–Crippen MR) is 175 cm³/mol. The smallest absolute Gasteiger partial charge is 0.255 e. The van der Waals surface area contributed by atoms with Crippen LogP contribution in [0.3, 0.4) is 0 Å². The van der Waals surface area contributed by atoms with Crippen molar-refractivity contribution in [2.75, 3.05) is 6.26 Å². The third kappa shape index (κ3) is 7.43. The molecule has 250 valence electrons. The van der Waals surface area contributed by atoms with Crippen LogP contribution in [0.5, 0.6) is 0 Å². The minimum atomic E-state index is -3.63. The van der Waals surface area contributed by atoms with Gasteiger partial charge in [-0.1, -0.05) is 98.4 Å². The molecule has 5 rings (SSSR count). The van der Waals surface area contributed by atoms with Gasteiger partial charge in [0.25, 0.3) is 5.91 Å². The van der Waals surface area contributed by atoms with E-state index < -0.39 is 51.3 Å². The summed E-state index contributed by atoms with van der Waals surface area (Å²) in [7, 11) is -3.63. The van der Waals surface area contributed by atoms with Crippen molar-refractivity contribution in [1.82, 2.24) is 9.62 Å². The number of nitrogens with zero attached hydrogens (tertiary/aromatic N) is 2. The molecule has 1 heterocycles. The molecule has 0 radical (unpaired) electrons. The first-order valence-electron chi connectivity index (χ1n) is 15.2. The molecule has 47 heavy (non-hydrogen) atoms. The summed E-state index contributed by atoms with van der Waals surface area (Å²) in [6, 6.07) is 16.1. The third-order valence-electron chi connectivity index (χ3n) is 8.92. The summed E-state index contributed by atoms with van der Waals surface area (Å²) in [6.45, 7) is 2.94. The largest absolute Gasteiger partial charge is 0.859 e. The fraction of sp³-hybridized carbons (Fsp3) is 0.382. The van der Waals surface area contributed by atoms with E-state index in [2.05, 4.69) is 9.88 Å². The number of carbonyl (C=O) groups excluding carboxylic acids is 2. The molecule has 13 heteroatoms. The van der Waals surface area contributed by atoms with Gasteiger partial charge in [-0.15, -0.1) is 5.16 Å². The molecule has 1 aliphatic carbocycles. The highest BCUT2D eigenvalue weighted by atomic mass is 35.5. The molecule has 0 aromatic heterocycles. The van der Waals surface area contributed by atoms with Crippen LogP contribution in [-0.2, 0) is 31.7 Å².